The van der Waals surface area contributed by atoms with Gasteiger partial charge in [-0.15, -0.1) is 0 Å². The molecule has 0 radical (unpaired) electrons. The van der Waals surface area contributed by atoms with Crippen molar-refractivity contribution in [2.24, 2.45) is 0 Å². The molecule has 1 aromatic carbocycles. The molecule has 0 bridgehead atoms. The summed E-state index contributed by atoms with van der Waals surface area (Å²) in [5, 5.41) is 12.0. The number of imidazole rings is 1. The number of carboxylic acids is 1. The third kappa shape index (κ3) is 4.58. The molecule has 7 heteroatoms. The minimum atomic E-state index is -1.06. The average molecular weight is 331 g/mol. The Bertz CT molecular complexity index is 668. The van der Waals surface area contributed by atoms with Crippen molar-refractivity contribution in [3.8, 4) is 5.75 Å². The number of benzene rings is 1. The average Bonchev–Trinajstić information content (AvgIpc) is 3.10. The molecule has 0 aliphatic rings. The zero-order chi connectivity index (χ0) is 17.5. The summed E-state index contributed by atoms with van der Waals surface area (Å²) in [5.41, 5.74) is 1.58. The van der Waals surface area contributed by atoms with Crippen LogP contribution in [0.3, 0.4) is 0 Å². The van der Waals surface area contributed by atoms with Crippen molar-refractivity contribution in [3.05, 3.63) is 48.0 Å². The molecule has 0 fully saturated rings. The fourth-order valence-electron chi connectivity index (χ4n) is 2.42. The summed E-state index contributed by atoms with van der Waals surface area (Å²) in [6.07, 6.45) is 3.89. The summed E-state index contributed by atoms with van der Waals surface area (Å²) < 4.78 is 5.09. The molecule has 128 valence electrons. The number of H-pyrrole nitrogens is 1. The van der Waals surface area contributed by atoms with Crippen LogP contribution < -0.4 is 10.1 Å². The highest BCUT2D eigenvalue weighted by atomic mass is 16.5. The maximum Gasteiger partial charge on any atom is 0.326 e. The summed E-state index contributed by atoms with van der Waals surface area (Å²) in [5.74, 6) is -1.05. The Kier molecular flexibility index (Phi) is 5.95. The van der Waals surface area contributed by atoms with Gasteiger partial charge in [-0.1, -0.05) is 19.1 Å². The minimum absolute atomic E-state index is 0.184. The zero-order valence-corrected chi connectivity index (χ0v) is 13.7. The van der Waals surface area contributed by atoms with Crippen LogP contribution in [-0.2, 0) is 16.0 Å². The first-order valence-corrected chi connectivity index (χ1v) is 7.65. The van der Waals surface area contributed by atoms with Gasteiger partial charge in [0, 0.05) is 18.5 Å². The third-order valence-corrected chi connectivity index (χ3v) is 3.89. The zero-order valence-electron chi connectivity index (χ0n) is 13.7. The van der Waals surface area contributed by atoms with Gasteiger partial charge >= 0.3 is 5.97 Å². The van der Waals surface area contributed by atoms with Crippen LogP contribution in [0.2, 0.25) is 0 Å². The first-order valence-electron chi connectivity index (χ1n) is 7.65. The van der Waals surface area contributed by atoms with E-state index in [0.717, 1.165) is 11.3 Å². The fourth-order valence-corrected chi connectivity index (χ4v) is 2.42. The van der Waals surface area contributed by atoms with Crippen molar-refractivity contribution in [1.29, 1.82) is 0 Å². The topological polar surface area (TPSA) is 104 Å². The van der Waals surface area contributed by atoms with Gasteiger partial charge in [0.1, 0.15) is 11.8 Å². The van der Waals surface area contributed by atoms with E-state index in [1.807, 2.05) is 0 Å². The summed E-state index contributed by atoms with van der Waals surface area (Å²) in [6.45, 7) is 1.77. The molecular formula is C17H21N3O4. The Morgan fingerprint density at radius 2 is 2.04 bits per heavy atom. The van der Waals surface area contributed by atoms with Gasteiger partial charge in [0.25, 0.3) is 0 Å². The van der Waals surface area contributed by atoms with Crippen LogP contribution in [0.4, 0.5) is 0 Å². The molecule has 0 aliphatic carbocycles. The highest BCUT2D eigenvalue weighted by molar-refractivity contribution is 5.84. The summed E-state index contributed by atoms with van der Waals surface area (Å²) in [4.78, 5) is 30.5. The number of hydrogen-bond acceptors (Lipinski definition) is 4. The molecule has 2 aromatic rings. The molecule has 0 spiro atoms. The van der Waals surface area contributed by atoms with E-state index in [0.29, 0.717) is 12.2 Å². The van der Waals surface area contributed by atoms with E-state index in [4.69, 9.17) is 4.74 Å². The molecule has 1 amide bonds. The molecule has 0 aliphatic heterocycles. The van der Waals surface area contributed by atoms with Crippen molar-refractivity contribution in [3.63, 3.8) is 0 Å². The number of carbonyl (C=O) groups excluding carboxylic acids is 1. The number of ether oxygens (including phenoxy) is 1. The molecular weight excluding hydrogens is 310 g/mol. The summed E-state index contributed by atoms with van der Waals surface area (Å²) >= 11 is 0. The second kappa shape index (κ2) is 8.14. The number of aromatic amines is 1. The van der Waals surface area contributed by atoms with Crippen LogP contribution in [0, 0.1) is 0 Å². The maximum atomic E-state index is 12.1. The van der Waals surface area contributed by atoms with Gasteiger partial charge < -0.3 is 20.1 Å². The second-order valence-corrected chi connectivity index (χ2v) is 5.51. The van der Waals surface area contributed by atoms with Crippen LogP contribution in [0.15, 0.2) is 36.8 Å². The Morgan fingerprint density at radius 3 is 2.58 bits per heavy atom. The first-order chi connectivity index (χ1) is 11.5. The van der Waals surface area contributed by atoms with Gasteiger partial charge in [0.2, 0.25) is 5.91 Å². The quantitative estimate of drug-likeness (QED) is 0.683. The largest absolute Gasteiger partial charge is 0.497 e. The molecule has 2 rings (SSSR count). The standard InChI is InChI=1S/C17H21N3O4/c1-11(12-3-6-14(24-2)7-4-12)16(17(22)23)20-15(21)8-5-13-9-18-10-19-13/h3-4,6-7,9-11,16H,5,8H2,1-2H3,(H,18,19)(H,20,21)(H,22,23). The number of aliphatic carboxylic acids is 1. The maximum absolute atomic E-state index is 12.1. The molecule has 0 saturated carbocycles. The summed E-state index contributed by atoms with van der Waals surface area (Å²) in [6, 6.07) is 6.14. The fraction of sp³-hybridized carbons (Fsp3) is 0.353. The monoisotopic (exact) mass is 331 g/mol. The number of aromatic nitrogens is 2. The van der Waals surface area contributed by atoms with Crippen LogP contribution in [0.5, 0.6) is 5.75 Å². The highest BCUT2D eigenvalue weighted by Crippen LogP contribution is 2.22. The van der Waals surface area contributed by atoms with E-state index in [9.17, 15) is 14.7 Å². The lowest BCUT2D eigenvalue weighted by Crippen LogP contribution is -2.44. The lowest BCUT2D eigenvalue weighted by atomic mass is 9.93. The Labute approximate surface area is 140 Å². The molecule has 0 saturated heterocycles. The number of methoxy groups -OCH3 is 1. The predicted octanol–water partition coefficient (Wildman–Crippen LogP) is 1.72. The van der Waals surface area contributed by atoms with E-state index < -0.39 is 12.0 Å². The number of amides is 1. The molecule has 24 heavy (non-hydrogen) atoms. The molecule has 1 aromatic heterocycles. The Morgan fingerprint density at radius 1 is 1.33 bits per heavy atom. The van der Waals surface area contributed by atoms with Gasteiger partial charge in [-0.2, -0.15) is 0 Å². The van der Waals surface area contributed by atoms with E-state index in [2.05, 4.69) is 15.3 Å². The molecule has 7 nitrogen and oxygen atoms in total. The molecule has 3 N–H and O–H groups in total. The van der Waals surface area contributed by atoms with E-state index in [-0.39, 0.29) is 18.2 Å². The van der Waals surface area contributed by atoms with Gasteiger partial charge in [-0.05, 0) is 24.1 Å². The second-order valence-electron chi connectivity index (χ2n) is 5.51. The van der Waals surface area contributed by atoms with Gasteiger partial charge in [0.15, 0.2) is 0 Å². The van der Waals surface area contributed by atoms with Crippen LogP contribution >= 0.6 is 0 Å². The van der Waals surface area contributed by atoms with E-state index in [1.165, 1.54) is 0 Å². The van der Waals surface area contributed by atoms with Crippen LogP contribution in [-0.4, -0.2) is 40.1 Å². The Balaban J connectivity index is 1.99. The smallest absolute Gasteiger partial charge is 0.326 e. The first kappa shape index (κ1) is 17.5. The normalized spacial score (nSPS) is 13.1. The molecule has 2 unspecified atom stereocenters. The van der Waals surface area contributed by atoms with Gasteiger partial charge in [0.05, 0.1) is 19.1 Å². The van der Waals surface area contributed by atoms with E-state index >= 15 is 0 Å². The van der Waals surface area contributed by atoms with Crippen molar-refractivity contribution in [2.75, 3.05) is 7.11 Å². The number of hydrogen-bond donors (Lipinski definition) is 3. The number of nitrogens with zero attached hydrogens (tertiary/aromatic N) is 1. The van der Waals surface area contributed by atoms with Gasteiger partial charge in [-0.3, -0.25) is 4.79 Å². The molecule has 1 heterocycles. The van der Waals surface area contributed by atoms with Crippen molar-refractivity contribution >= 4 is 11.9 Å². The summed E-state index contributed by atoms with van der Waals surface area (Å²) in [7, 11) is 1.57. The predicted molar refractivity (Wildman–Crippen MR) is 87.9 cm³/mol. The molecule has 2 atom stereocenters. The van der Waals surface area contributed by atoms with Crippen LogP contribution in [0.1, 0.15) is 30.5 Å². The van der Waals surface area contributed by atoms with Crippen molar-refractivity contribution in [1.82, 2.24) is 15.3 Å². The number of carbonyl (C=O) groups is 2. The lowest BCUT2D eigenvalue weighted by Gasteiger charge is -2.22. The van der Waals surface area contributed by atoms with Crippen molar-refractivity contribution in [2.45, 2.75) is 31.7 Å². The number of nitrogens with one attached hydrogen (secondary N) is 2. The third-order valence-electron chi connectivity index (χ3n) is 3.89. The SMILES string of the molecule is COc1ccc(C(C)C(NC(=O)CCc2c[nH]cn2)C(=O)O)cc1. The minimum Gasteiger partial charge on any atom is -0.497 e. The lowest BCUT2D eigenvalue weighted by molar-refractivity contribution is -0.142. The van der Waals surface area contributed by atoms with E-state index in [1.54, 1.807) is 50.8 Å². The number of carboxylic acid groups (broad SMARTS) is 1. The number of aryl methyl sites for hydroxylation is 1. The van der Waals surface area contributed by atoms with Crippen molar-refractivity contribution < 1.29 is 19.4 Å². The van der Waals surface area contributed by atoms with Crippen LogP contribution in [0.25, 0.3) is 0 Å². The number of rotatable bonds is 8. The Hall–Kier alpha value is -2.83. The van der Waals surface area contributed by atoms with Gasteiger partial charge in [-0.25, -0.2) is 9.78 Å². The highest BCUT2D eigenvalue weighted by Gasteiger charge is 2.27.